The van der Waals surface area contributed by atoms with Gasteiger partial charge in [-0.25, -0.2) is 18.9 Å². The number of aryl methyl sites for hydroxylation is 2. The first kappa shape index (κ1) is 22.7. The summed E-state index contributed by atoms with van der Waals surface area (Å²) in [7, 11) is -0.989. The highest BCUT2D eigenvalue weighted by Crippen LogP contribution is 2.37. The lowest BCUT2D eigenvalue weighted by atomic mass is 10.1. The van der Waals surface area contributed by atoms with Gasteiger partial charge in [-0.15, -0.1) is 11.3 Å². The van der Waals surface area contributed by atoms with Crippen molar-refractivity contribution in [3.8, 4) is 5.75 Å². The van der Waals surface area contributed by atoms with E-state index in [4.69, 9.17) is 4.74 Å². The third-order valence-electron chi connectivity index (χ3n) is 5.12. The molecule has 3 aromatic heterocycles. The van der Waals surface area contributed by atoms with Gasteiger partial charge in [0.25, 0.3) is 15.9 Å². The van der Waals surface area contributed by atoms with Gasteiger partial charge in [-0.3, -0.25) is 19.0 Å². The minimum Gasteiger partial charge on any atom is -0.497 e. The Morgan fingerprint density at radius 2 is 2.00 bits per heavy atom. The smallest absolute Gasteiger partial charge is 0.278 e. The molecule has 0 aliphatic rings. The molecular formula is C21H21N5O5S2. The van der Waals surface area contributed by atoms with E-state index in [2.05, 4.69) is 10.1 Å². The third-order valence-corrected chi connectivity index (χ3v) is 7.74. The summed E-state index contributed by atoms with van der Waals surface area (Å²) in [6.07, 6.45) is 1.23. The van der Waals surface area contributed by atoms with Crippen LogP contribution in [0.1, 0.15) is 20.9 Å². The van der Waals surface area contributed by atoms with Crippen LogP contribution in [0.5, 0.6) is 5.75 Å². The number of anilines is 1. The monoisotopic (exact) mass is 487 g/mol. The molecule has 0 saturated carbocycles. The number of nitrogens with one attached hydrogen (secondary N) is 1. The molecule has 1 amide bonds. The second-order valence-electron chi connectivity index (χ2n) is 7.14. The van der Waals surface area contributed by atoms with Crippen LogP contribution in [0.2, 0.25) is 0 Å². The van der Waals surface area contributed by atoms with Crippen LogP contribution >= 0.6 is 11.3 Å². The molecule has 3 heterocycles. The molecule has 4 aromatic rings. The van der Waals surface area contributed by atoms with Crippen LogP contribution in [0, 0.1) is 6.92 Å². The van der Waals surface area contributed by atoms with E-state index in [0.29, 0.717) is 22.5 Å². The molecule has 33 heavy (non-hydrogen) atoms. The number of methoxy groups -OCH3 is 1. The minimum atomic E-state index is -4.16. The zero-order valence-electron chi connectivity index (χ0n) is 18.0. The molecule has 2 N–H and O–H groups in total. The van der Waals surface area contributed by atoms with Gasteiger partial charge in [0.05, 0.1) is 40.9 Å². The summed E-state index contributed by atoms with van der Waals surface area (Å²) in [6, 6.07) is 9.61. The summed E-state index contributed by atoms with van der Waals surface area (Å²) in [5.74, 6) is -0.378. The van der Waals surface area contributed by atoms with Gasteiger partial charge in [0.1, 0.15) is 5.75 Å². The lowest BCUT2D eigenvalue weighted by Gasteiger charge is -2.26. The Kier molecular flexibility index (Phi) is 6.06. The quantitative estimate of drug-likeness (QED) is 0.303. The van der Waals surface area contributed by atoms with Gasteiger partial charge in [0.2, 0.25) is 0 Å². The van der Waals surface area contributed by atoms with E-state index in [1.54, 1.807) is 31.6 Å². The lowest BCUT2D eigenvalue weighted by Crippen LogP contribution is -2.33. The van der Waals surface area contributed by atoms with Crippen molar-refractivity contribution >= 4 is 44.0 Å². The minimum absolute atomic E-state index is 0.0155. The molecule has 172 valence electrons. The molecule has 0 unspecified atom stereocenters. The van der Waals surface area contributed by atoms with Crippen LogP contribution in [-0.2, 0) is 23.6 Å². The van der Waals surface area contributed by atoms with E-state index in [-0.39, 0.29) is 22.7 Å². The maximum atomic E-state index is 13.9. The average molecular weight is 488 g/mol. The first-order chi connectivity index (χ1) is 15.8. The fourth-order valence-electron chi connectivity index (χ4n) is 3.58. The van der Waals surface area contributed by atoms with Crippen molar-refractivity contribution < 1.29 is 23.2 Å². The number of pyridine rings is 1. The number of rotatable bonds is 7. The fraction of sp³-hybridized carbons (Fsp3) is 0.190. The van der Waals surface area contributed by atoms with Gasteiger partial charge < -0.3 is 4.74 Å². The van der Waals surface area contributed by atoms with Crippen LogP contribution in [-0.4, -0.2) is 41.4 Å². The summed E-state index contributed by atoms with van der Waals surface area (Å²) in [5.41, 5.74) is 2.46. The number of carbonyl (C=O) groups is 1. The molecule has 0 aliphatic heterocycles. The van der Waals surface area contributed by atoms with Gasteiger partial charge in [0, 0.05) is 18.1 Å². The van der Waals surface area contributed by atoms with Crippen LogP contribution < -0.4 is 14.5 Å². The number of aromatic nitrogens is 3. The number of carbonyl (C=O) groups excluding carboxylic acids is 1. The molecule has 0 atom stereocenters. The molecule has 0 radical (unpaired) electrons. The van der Waals surface area contributed by atoms with Crippen LogP contribution in [0.4, 0.5) is 5.69 Å². The van der Waals surface area contributed by atoms with Crippen molar-refractivity contribution in [2.75, 3.05) is 11.4 Å². The van der Waals surface area contributed by atoms with Crippen molar-refractivity contribution in [1.82, 2.24) is 20.2 Å². The SMILES string of the molecule is COc1ccc(S(=O)(=O)N(Cc2cccs2)c2c(C(=O)NO)cnc3c2c(C)nn3C)cc1. The van der Waals surface area contributed by atoms with Crippen LogP contribution in [0.3, 0.4) is 0 Å². The maximum Gasteiger partial charge on any atom is 0.278 e. The largest absolute Gasteiger partial charge is 0.497 e. The first-order valence-electron chi connectivity index (χ1n) is 9.73. The Morgan fingerprint density at radius 3 is 2.61 bits per heavy atom. The Balaban J connectivity index is 2.03. The summed E-state index contributed by atoms with van der Waals surface area (Å²) in [6.45, 7) is 1.67. The molecule has 10 nitrogen and oxygen atoms in total. The number of hydroxylamine groups is 1. The number of thiophene rings is 1. The Bertz CT molecular complexity index is 1410. The number of amides is 1. The van der Waals surface area contributed by atoms with E-state index in [9.17, 15) is 18.4 Å². The number of sulfonamides is 1. The second-order valence-corrected chi connectivity index (χ2v) is 10.0. The second kappa shape index (κ2) is 8.81. The van der Waals surface area contributed by atoms with Gasteiger partial charge >= 0.3 is 0 Å². The molecule has 12 heteroatoms. The number of ether oxygens (including phenoxy) is 1. The molecule has 0 fully saturated rings. The Hall–Kier alpha value is -3.48. The number of fused-ring (bicyclic) bond motifs is 1. The maximum absolute atomic E-state index is 13.9. The topological polar surface area (TPSA) is 127 Å². The van der Waals surface area contributed by atoms with E-state index in [1.807, 2.05) is 17.5 Å². The van der Waals surface area contributed by atoms with E-state index in [0.717, 1.165) is 9.18 Å². The van der Waals surface area contributed by atoms with Crippen molar-refractivity contribution in [2.45, 2.75) is 18.4 Å². The highest BCUT2D eigenvalue weighted by Gasteiger charge is 2.32. The zero-order valence-corrected chi connectivity index (χ0v) is 19.6. The number of hydrogen-bond acceptors (Lipinski definition) is 8. The number of nitrogens with zero attached hydrogens (tertiary/aromatic N) is 4. The number of benzene rings is 1. The van der Waals surface area contributed by atoms with E-state index < -0.39 is 15.9 Å². The van der Waals surface area contributed by atoms with Crippen molar-refractivity contribution in [1.29, 1.82) is 0 Å². The molecule has 4 rings (SSSR count). The van der Waals surface area contributed by atoms with Gasteiger partial charge in [-0.2, -0.15) is 5.10 Å². The molecular weight excluding hydrogens is 466 g/mol. The summed E-state index contributed by atoms with van der Waals surface area (Å²) in [4.78, 5) is 17.6. The molecule has 0 aliphatic carbocycles. The number of hydrogen-bond donors (Lipinski definition) is 2. The normalized spacial score (nSPS) is 11.5. The molecule has 0 spiro atoms. The van der Waals surface area contributed by atoms with E-state index >= 15 is 0 Å². The Morgan fingerprint density at radius 1 is 1.27 bits per heavy atom. The van der Waals surface area contributed by atoms with Crippen molar-refractivity contribution in [2.24, 2.45) is 7.05 Å². The van der Waals surface area contributed by atoms with Crippen molar-refractivity contribution in [3.05, 3.63) is 64.1 Å². The fourth-order valence-corrected chi connectivity index (χ4v) is 5.83. The predicted octanol–water partition coefficient (Wildman–Crippen LogP) is 2.86. The third kappa shape index (κ3) is 4.03. The van der Waals surface area contributed by atoms with Gasteiger partial charge in [0.15, 0.2) is 5.65 Å². The molecule has 0 saturated heterocycles. The highest BCUT2D eigenvalue weighted by molar-refractivity contribution is 7.92. The van der Waals surface area contributed by atoms with Gasteiger partial charge in [-0.05, 0) is 42.6 Å². The van der Waals surface area contributed by atoms with Gasteiger partial charge in [-0.1, -0.05) is 6.07 Å². The summed E-state index contributed by atoms with van der Waals surface area (Å²) >= 11 is 1.39. The molecule has 1 aromatic carbocycles. The van der Waals surface area contributed by atoms with Crippen molar-refractivity contribution in [3.63, 3.8) is 0 Å². The predicted molar refractivity (Wildman–Crippen MR) is 123 cm³/mol. The van der Waals surface area contributed by atoms with Crippen LogP contribution in [0.25, 0.3) is 11.0 Å². The average Bonchev–Trinajstić information content (AvgIpc) is 3.44. The highest BCUT2D eigenvalue weighted by atomic mass is 32.2. The molecule has 0 bridgehead atoms. The van der Waals surface area contributed by atoms with E-state index in [1.165, 1.54) is 41.5 Å². The zero-order chi connectivity index (χ0) is 23.8. The first-order valence-corrected chi connectivity index (χ1v) is 12.1. The summed E-state index contributed by atoms with van der Waals surface area (Å²) < 4.78 is 35.7. The lowest BCUT2D eigenvalue weighted by molar-refractivity contribution is 0.0707. The standard InChI is InChI=1S/C21H21N5O5S2/c1-13-18-19(17(21(27)24-28)11-22-20(18)25(2)23-13)26(12-15-5-4-10-32-15)33(29,30)16-8-6-14(31-3)7-9-16/h4-11,28H,12H2,1-3H3,(H,24,27). The Labute approximate surface area is 194 Å². The van der Waals surface area contributed by atoms with Crippen LogP contribution in [0.15, 0.2) is 52.9 Å². The summed E-state index contributed by atoms with van der Waals surface area (Å²) in [5, 5.41) is 15.9.